The quantitative estimate of drug-likeness (QED) is 0.384. The third-order valence-electron chi connectivity index (χ3n) is 3.26. The molecule has 0 fully saturated rings. The number of amides is 1. The fraction of sp³-hybridized carbons (Fsp3) is 0.0556. The number of para-hydroxylation sites is 1. The van der Waals surface area contributed by atoms with Gasteiger partial charge in [-0.1, -0.05) is 51.8 Å². The van der Waals surface area contributed by atoms with Gasteiger partial charge in [-0.15, -0.1) is 0 Å². The Labute approximate surface area is 157 Å². The number of benzene rings is 2. The number of aromatic nitrogens is 1. The first kappa shape index (κ1) is 17.4. The molecule has 0 aliphatic rings. The van der Waals surface area contributed by atoms with E-state index in [-0.39, 0.29) is 12.5 Å². The summed E-state index contributed by atoms with van der Waals surface area (Å²) in [5.41, 5.74) is 3.82. The number of nitrogens with zero attached hydrogens (tertiary/aromatic N) is 2. The van der Waals surface area contributed by atoms with Crippen molar-refractivity contribution in [2.45, 2.75) is 0 Å². The van der Waals surface area contributed by atoms with Crippen molar-refractivity contribution < 1.29 is 9.53 Å². The van der Waals surface area contributed by atoms with Crippen LogP contribution in [0.15, 0.2) is 64.2 Å². The predicted molar refractivity (Wildman–Crippen MR) is 102 cm³/mol. The fourth-order valence-electron chi connectivity index (χ4n) is 2.11. The van der Waals surface area contributed by atoms with Crippen LogP contribution in [0, 0.1) is 0 Å². The highest BCUT2D eigenvalue weighted by molar-refractivity contribution is 9.10. The molecule has 2 aromatic carbocycles. The molecule has 5 nitrogen and oxygen atoms in total. The van der Waals surface area contributed by atoms with Gasteiger partial charge >= 0.3 is 0 Å². The van der Waals surface area contributed by atoms with E-state index in [2.05, 4.69) is 31.4 Å². The Kier molecular flexibility index (Phi) is 5.63. The number of carbonyl (C=O) groups is 1. The molecule has 0 saturated carbocycles. The minimum atomic E-state index is -0.374. The number of fused-ring (bicyclic) bond motifs is 1. The maximum Gasteiger partial charge on any atom is 0.277 e. The fourth-order valence-corrected chi connectivity index (χ4v) is 2.68. The van der Waals surface area contributed by atoms with E-state index < -0.39 is 0 Å². The lowest BCUT2D eigenvalue weighted by Gasteiger charge is -2.05. The highest BCUT2D eigenvalue weighted by atomic mass is 79.9. The second-order valence-electron chi connectivity index (χ2n) is 5.10. The smallest absolute Gasteiger partial charge is 0.277 e. The lowest BCUT2D eigenvalue weighted by atomic mass is 10.2. The van der Waals surface area contributed by atoms with Gasteiger partial charge in [0.1, 0.15) is 10.9 Å². The van der Waals surface area contributed by atoms with E-state index in [4.69, 9.17) is 16.3 Å². The summed E-state index contributed by atoms with van der Waals surface area (Å²) in [6, 6.07) is 16.7. The number of ether oxygens (including phenoxy) is 1. The molecular formula is C18H13BrClN3O2. The summed E-state index contributed by atoms with van der Waals surface area (Å²) in [6.45, 7) is -0.141. The van der Waals surface area contributed by atoms with Gasteiger partial charge in [0.25, 0.3) is 5.91 Å². The van der Waals surface area contributed by atoms with Crippen molar-refractivity contribution in [1.29, 1.82) is 0 Å². The lowest BCUT2D eigenvalue weighted by molar-refractivity contribution is -0.123. The van der Waals surface area contributed by atoms with Gasteiger partial charge in [0.2, 0.25) is 0 Å². The Hall–Kier alpha value is -2.44. The van der Waals surface area contributed by atoms with Crippen molar-refractivity contribution in [2.24, 2.45) is 5.10 Å². The normalized spacial score (nSPS) is 11.0. The van der Waals surface area contributed by atoms with Crippen molar-refractivity contribution in [3.8, 4) is 5.75 Å². The molecule has 126 valence electrons. The van der Waals surface area contributed by atoms with Crippen LogP contribution in [0.1, 0.15) is 5.56 Å². The molecule has 1 aromatic heterocycles. The van der Waals surface area contributed by atoms with Crippen LogP contribution in [0.2, 0.25) is 5.15 Å². The van der Waals surface area contributed by atoms with Crippen LogP contribution >= 0.6 is 27.5 Å². The third kappa shape index (κ3) is 4.78. The number of pyridine rings is 1. The first-order valence-electron chi connectivity index (χ1n) is 7.37. The highest BCUT2D eigenvalue weighted by Gasteiger charge is 2.04. The molecule has 1 amide bonds. The molecule has 0 aliphatic heterocycles. The number of rotatable bonds is 5. The van der Waals surface area contributed by atoms with Gasteiger partial charge < -0.3 is 4.74 Å². The Bertz CT molecular complexity index is 947. The van der Waals surface area contributed by atoms with E-state index >= 15 is 0 Å². The zero-order chi connectivity index (χ0) is 17.6. The number of hydrogen-bond acceptors (Lipinski definition) is 4. The van der Waals surface area contributed by atoms with Gasteiger partial charge in [-0.2, -0.15) is 5.10 Å². The number of nitrogens with one attached hydrogen (secondary N) is 1. The van der Waals surface area contributed by atoms with Crippen LogP contribution in [0.4, 0.5) is 0 Å². The average molecular weight is 419 g/mol. The minimum Gasteiger partial charge on any atom is -0.484 e. The zero-order valence-corrected chi connectivity index (χ0v) is 15.3. The largest absolute Gasteiger partial charge is 0.484 e. The summed E-state index contributed by atoms with van der Waals surface area (Å²) < 4.78 is 6.26. The first-order valence-corrected chi connectivity index (χ1v) is 8.54. The standard InChI is InChI=1S/C18H13BrClN3O2/c19-14-5-3-6-15(9-14)25-11-17(24)23-21-10-13-8-12-4-1-2-7-16(12)22-18(13)20/h1-10H,11H2,(H,23,24)/b21-10+. The summed E-state index contributed by atoms with van der Waals surface area (Å²) in [4.78, 5) is 16.1. The molecule has 3 rings (SSSR count). The topological polar surface area (TPSA) is 63.6 Å². The Morgan fingerprint density at radius 1 is 1.24 bits per heavy atom. The highest BCUT2D eigenvalue weighted by Crippen LogP contribution is 2.19. The zero-order valence-electron chi connectivity index (χ0n) is 12.9. The Balaban J connectivity index is 1.59. The van der Waals surface area contributed by atoms with Crippen LogP contribution in [0.25, 0.3) is 10.9 Å². The molecule has 0 saturated heterocycles. The summed E-state index contributed by atoms with van der Waals surface area (Å²) in [5, 5.41) is 5.16. The van der Waals surface area contributed by atoms with E-state index in [1.807, 2.05) is 42.5 Å². The van der Waals surface area contributed by atoms with Gasteiger partial charge in [-0.05, 0) is 30.3 Å². The maximum atomic E-state index is 11.8. The lowest BCUT2D eigenvalue weighted by Crippen LogP contribution is -2.24. The maximum absolute atomic E-state index is 11.8. The van der Waals surface area contributed by atoms with Gasteiger partial charge in [0.05, 0.1) is 11.7 Å². The molecule has 0 spiro atoms. The van der Waals surface area contributed by atoms with Crippen molar-refractivity contribution in [1.82, 2.24) is 10.4 Å². The van der Waals surface area contributed by atoms with Gasteiger partial charge in [0, 0.05) is 15.4 Å². The predicted octanol–water partition coefficient (Wildman–Crippen LogP) is 4.18. The van der Waals surface area contributed by atoms with Gasteiger partial charge in [-0.25, -0.2) is 10.4 Å². The second kappa shape index (κ2) is 8.09. The monoisotopic (exact) mass is 417 g/mol. The van der Waals surface area contributed by atoms with Gasteiger partial charge in [-0.3, -0.25) is 4.79 Å². The molecule has 1 heterocycles. The summed E-state index contributed by atoms with van der Waals surface area (Å²) in [5.74, 6) is 0.219. The minimum absolute atomic E-state index is 0.141. The van der Waals surface area contributed by atoms with Crippen molar-refractivity contribution in [3.63, 3.8) is 0 Å². The van der Waals surface area contributed by atoms with Crippen LogP contribution in [-0.2, 0) is 4.79 Å². The first-order chi connectivity index (χ1) is 12.1. The van der Waals surface area contributed by atoms with E-state index in [0.717, 1.165) is 15.4 Å². The number of halogens is 2. The molecule has 0 radical (unpaired) electrons. The van der Waals surface area contributed by atoms with Crippen LogP contribution in [0.5, 0.6) is 5.75 Å². The molecule has 0 aliphatic carbocycles. The van der Waals surface area contributed by atoms with Crippen LogP contribution in [-0.4, -0.2) is 23.7 Å². The Morgan fingerprint density at radius 2 is 2.08 bits per heavy atom. The second-order valence-corrected chi connectivity index (χ2v) is 6.37. The van der Waals surface area contributed by atoms with Crippen LogP contribution < -0.4 is 10.2 Å². The van der Waals surface area contributed by atoms with Crippen LogP contribution in [0.3, 0.4) is 0 Å². The molecular weight excluding hydrogens is 406 g/mol. The number of carbonyl (C=O) groups excluding carboxylic acids is 1. The average Bonchev–Trinajstić information content (AvgIpc) is 2.60. The summed E-state index contributed by atoms with van der Waals surface area (Å²) in [6.07, 6.45) is 1.46. The Morgan fingerprint density at radius 3 is 2.92 bits per heavy atom. The van der Waals surface area contributed by atoms with Crippen molar-refractivity contribution >= 4 is 50.6 Å². The molecule has 0 bridgehead atoms. The SMILES string of the molecule is O=C(COc1cccc(Br)c1)N/N=C/c1cc2ccccc2nc1Cl. The van der Waals surface area contributed by atoms with E-state index in [9.17, 15) is 4.79 Å². The molecule has 7 heteroatoms. The molecule has 25 heavy (non-hydrogen) atoms. The third-order valence-corrected chi connectivity index (χ3v) is 4.06. The van der Waals surface area contributed by atoms with Crippen molar-refractivity contribution in [2.75, 3.05) is 6.61 Å². The van der Waals surface area contributed by atoms with Crippen molar-refractivity contribution in [3.05, 3.63) is 69.8 Å². The summed E-state index contributed by atoms with van der Waals surface area (Å²) in [7, 11) is 0. The van der Waals surface area contributed by atoms with E-state index in [0.29, 0.717) is 16.5 Å². The summed E-state index contributed by atoms with van der Waals surface area (Å²) >= 11 is 9.47. The van der Waals surface area contributed by atoms with Gasteiger partial charge in [0.15, 0.2) is 6.61 Å². The molecule has 0 unspecified atom stereocenters. The molecule has 3 aromatic rings. The molecule has 0 atom stereocenters. The van der Waals surface area contributed by atoms with E-state index in [1.165, 1.54) is 6.21 Å². The number of hydrogen-bond donors (Lipinski definition) is 1. The van der Waals surface area contributed by atoms with E-state index in [1.54, 1.807) is 12.1 Å². The molecule has 1 N–H and O–H groups in total. The number of hydrazone groups is 1.